The van der Waals surface area contributed by atoms with E-state index in [0.29, 0.717) is 18.5 Å². The lowest BCUT2D eigenvalue weighted by molar-refractivity contribution is -0.134. The van der Waals surface area contributed by atoms with Crippen LogP contribution >= 0.6 is 0 Å². The topological polar surface area (TPSA) is 26.8 Å². The normalized spacial score (nSPS) is 25.2. The van der Waals surface area contributed by atoms with Gasteiger partial charge in [0.15, 0.2) is 0 Å². The van der Waals surface area contributed by atoms with Crippen molar-refractivity contribution in [1.82, 2.24) is 14.7 Å². The van der Waals surface area contributed by atoms with Crippen LogP contribution in [0.2, 0.25) is 0 Å². The quantitative estimate of drug-likeness (QED) is 0.775. The third kappa shape index (κ3) is 4.96. The lowest BCUT2D eigenvalue weighted by atomic mass is 9.97. The van der Waals surface area contributed by atoms with Gasteiger partial charge in [-0.15, -0.1) is 0 Å². The molecule has 0 radical (unpaired) electrons. The Balaban J connectivity index is 1.71. The molecule has 2 aliphatic heterocycles. The number of rotatable bonds is 5. The Labute approximate surface area is 130 Å². The Morgan fingerprint density at radius 3 is 2.29 bits per heavy atom. The first-order valence-electron chi connectivity index (χ1n) is 8.70. The molecular weight excluding hydrogens is 262 g/mol. The summed E-state index contributed by atoms with van der Waals surface area (Å²) in [5.74, 6) is 1.91. The molecule has 4 heteroatoms. The van der Waals surface area contributed by atoms with Gasteiger partial charge in [0.2, 0.25) is 5.91 Å². The van der Waals surface area contributed by atoms with Crippen LogP contribution in [0.25, 0.3) is 0 Å². The summed E-state index contributed by atoms with van der Waals surface area (Å²) in [4.78, 5) is 19.3. The van der Waals surface area contributed by atoms with Crippen molar-refractivity contribution in [2.24, 2.45) is 11.8 Å². The molecule has 0 aromatic heterocycles. The highest BCUT2D eigenvalue weighted by Gasteiger charge is 2.27. The van der Waals surface area contributed by atoms with E-state index in [0.717, 1.165) is 51.1 Å². The van der Waals surface area contributed by atoms with Crippen molar-refractivity contribution in [2.45, 2.75) is 46.6 Å². The summed E-state index contributed by atoms with van der Waals surface area (Å²) in [5.41, 5.74) is 0. The van der Waals surface area contributed by atoms with Crippen molar-refractivity contribution in [2.75, 3.05) is 45.8 Å². The number of carbonyl (C=O) groups excluding carboxylic acids is 1. The Hall–Kier alpha value is -0.610. The first kappa shape index (κ1) is 16.8. The first-order valence-corrected chi connectivity index (χ1v) is 8.70. The summed E-state index contributed by atoms with van der Waals surface area (Å²) in [5, 5.41) is 0. The predicted molar refractivity (Wildman–Crippen MR) is 87.3 cm³/mol. The predicted octanol–water partition coefficient (Wildman–Crippen LogP) is 1.91. The van der Waals surface area contributed by atoms with Crippen LogP contribution in [0.1, 0.15) is 40.5 Å². The summed E-state index contributed by atoms with van der Waals surface area (Å²) in [7, 11) is 0. The fraction of sp³-hybridized carbons (Fsp3) is 0.941. The summed E-state index contributed by atoms with van der Waals surface area (Å²) in [6.07, 6.45) is 2.57. The zero-order valence-corrected chi connectivity index (χ0v) is 14.3. The van der Waals surface area contributed by atoms with Crippen molar-refractivity contribution < 1.29 is 4.79 Å². The van der Waals surface area contributed by atoms with Gasteiger partial charge in [-0.1, -0.05) is 13.8 Å². The maximum absolute atomic E-state index is 12.4. The molecule has 0 saturated carbocycles. The van der Waals surface area contributed by atoms with Gasteiger partial charge in [-0.2, -0.15) is 0 Å². The van der Waals surface area contributed by atoms with Gasteiger partial charge in [0.25, 0.3) is 0 Å². The van der Waals surface area contributed by atoms with Gasteiger partial charge in [-0.05, 0) is 45.1 Å². The van der Waals surface area contributed by atoms with Crippen LogP contribution in [0.4, 0.5) is 0 Å². The molecule has 1 atom stereocenters. The first-order chi connectivity index (χ1) is 9.95. The molecule has 0 N–H and O–H groups in total. The molecule has 0 spiro atoms. The molecule has 2 heterocycles. The van der Waals surface area contributed by atoms with E-state index in [-0.39, 0.29) is 0 Å². The molecule has 2 saturated heterocycles. The Morgan fingerprint density at radius 2 is 1.71 bits per heavy atom. The standard InChI is InChI=1S/C17H33N3O/c1-14(2)11-16-5-6-18(12-16)13-17(21)20-9-7-19(8-10-20)15(3)4/h14-16H,5-13H2,1-4H3. The Morgan fingerprint density at radius 1 is 1.05 bits per heavy atom. The van der Waals surface area contributed by atoms with E-state index in [2.05, 4.69) is 42.4 Å². The van der Waals surface area contributed by atoms with Crippen molar-refractivity contribution in [3.8, 4) is 0 Å². The van der Waals surface area contributed by atoms with Crippen molar-refractivity contribution in [3.63, 3.8) is 0 Å². The third-order valence-corrected chi connectivity index (χ3v) is 4.93. The Kier molecular flexibility index (Phi) is 6.06. The van der Waals surface area contributed by atoms with Gasteiger partial charge in [0.05, 0.1) is 6.54 Å². The molecule has 2 fully saturated rings. The SMILES string of the molecule is CC(C)CC1CCN(CC(=O)N2CCN(C(C)C)CC2)C1. The van der Waals surface area contributed by atoms with Gasteiger partial charge >= 0.3 is 0 Å². The van der Waals surface area contributed by atoms with Crippen LogP contribution in [-0.2, 0) is 4.79 Å². The van der Waals surface area contributed by atoms with Crippen LogP contribution in [0.15, 0.2) is 0 Å². The van der Waals surface area contributed by atoms with E-state index in [1.165, 1.54) is 12.8 Å². The fourth-order valence-electron chi connectivity index (χ4n) is 3.69. The monoisotopic (exact) mass is 295 g/mol. The van der Waals surface area contributed by atoms with Crippen LogP contribution in [-0.4, -0.2) is 72.5 Å². The Bertz CT molecular complexity index is 335. The van der Waals surface area contributed by atoms with Crippen LogP contribution in [0, 0.1) is 11.8 Å². The van der Waals surface area contributed by atoms with Gasteiger partial charge in [0, 0.05) is 38.8 Å². The van der Waals surface area contributed by atoms with E-state index in [1.807, 2.05) is 0 Å². The maximum atomic E-state index is 12.4. The van der Waals surface area contributed by atoms with Gasteiger partial charge < -0.3 is 4.90 Å². The van der Waals surface area contributed by atoms with E-state index in [1.54, 1.807) is 0 Å². The molecule has 0 aromatic carbocycles. The second-order valence-corrected chi connectivity index (χ2v) is 7.53. The number of amides is 1. The molecule has 0 bridgehead atoms. The van der Waals surface area contributed by atoms with Crippen molar-refractivity contribution >= 4 is 5.91 Å². The molecule has 2 aliphatic rings. The summed E-state index contributed by atoms with van der Waals surface area (Å²) < 4.78 is 0. The van der Waals surface area contributed by atoms with E-state index < -0.39 is 0 Å². The number of piperazine rings is 1. The zero-order valence-electron chi connectivity index (χ0n) is 14.3. The summed E-state index contributed by atoms with van der Waals surface area (Å²) in [6.45, 7) is 15.8. The molecular formula is C17H33N3O. The summed E-state index contributed by atoms with van der Waals surface area (Å²) in [6, 6.07) is 0.595. The number of carbonyl (C=O) groups is 1. The largest absolute Gasteiger partial charge is 0.339 e. The molecule has 0 aromatic rings. The minimum atomic E-state index is 0.337. The number of likely N-dealkylation sites (tertiary alicyclic amines) is 1. The number of hydrogen-bond donors (Lipinski definition) is 0. The maximum Gasteiger partial charge on any atom is 0.236 e. The highest BCUT2D eigenvalue weighted by molar-refractivity contribution is 5.78. The third-order valence-electron chi connectivity index (χ3n) is 4.93. The van der Waals surface area contributed by atoms with Crippen molar-refractivity contribution in [1.29, 1.82) is 0 Å². The average Bonchev–Trinajstić information content (AvgIpc) is 2.85. The minimum Gasteiger partial charge on any atom is -0.339 e. The average molecular weight is 295 g/mol. The number of nitrogens with zero attached hydrogens (tertiary/aromatic N) is 3. The fourth-order valence-corrected chi connectivity index (χ4v) is 3.69. The van der Waals surface area contributed by atoms with Crippen LogP contribution in [0.3, 0.4) is 0 Å². The van der Waals surface area contributed by atoms with Crippen LogP contribution < -0.4 is 0 Å². The zero-order chi connectivity index (χ0) is 15.4. The molecule has 4 nitrogen and oxygen atoms in total. The molecule has 0 aliphatic carbocycles. The highest BCUT2D eigenvalue weighted by atomic mass is 16.2. The van der Waals surface area contributed by atoms with Gasteiger partial charge in [-0.25, -0.2) is 0 Å². The van der Waals surface area contributed by atoms with Crippen LogP contribution in [0.5, 0.6) is 0 Å². The molecule has 2 rings (SSSR count). The lowest BCUT2D eigenvalue weighted by Gasteiger charge is -2.37. The molecule has 1 amide bonds. The van der Waals surface area contributed by atoms with Crippen molar-refractivity contribution in [3.05, 3.63) is 0 Å². The lowest BCUT2D eigenvalue weighted by Crippen LogP contribution is -2.52. The molecule has 21 heavy (non-hydrogen) atoms. The second kappa shape index (κ2) is 7.59. The van der Waals surface area contributed by atoms with Gasteiger partial charge in [0.1, 0.15) is 0 Å². The van der Waals surface area contributed by atoms with Gasteiger partial charge in [-0.3, -0.25) is 14.6 Å². The smallest absolute Gasteiger partial charge is 0.236 e. The second-order valence-electron chi connectivity index (χ2n) is 7.53. The minimum absolute atomic E-state index is 0.337. The number of hydrogen-bond acceptors (Lipinski definition) is 3. The molecule has 122 valence electrons. The van der Waals surface area contributed by atoms with E-state index in [9.17, 15) is 4.79 Å². The highest BCUT2D eigenvalue weighted by Crippen LogP contribution is 2.23. The summed E-state index contributed by atoms with van der Waals surface area (Å²) >= 11 is 0. The van der Waals surface area contributed by atoms with E-state index >= 15 is 0 Å². The molecule has 1 unspecified atom stereocenters. The van der Waals surface area contributed by atoms with E-state index in [4.69, 9.17) is 0 Å².